The molecule has 1 rings (SSSR count). The van der Waals surface area contributed by atoms with Crippen molar-refractivity contribution in [3.8, 4) is 0 Å². The van der Waals surface area contributed by atoms with Crippen molar-refractivity contribution in [2.24, 2.45) is 5.92 Å². The lowest BCUT2D eigenvalue weighted by Crippen LogP contribution is -2.40. The SMILES string of the molecule is CC(C)CCNC(=O)CNC(=O)OC(C)(C)C.Cc1ccccc1. The molecule has 2 N–H and O–H groups in total. The minimum absolute atomic E-state index is 0.0486. The van der Waals surface area contributed by atoms with Crippen LogP contribution in [0.3, 0.4) is 0 Å². The summed E-state index contributed by atoms with van der Waals surface area (Å²) in [7, 11) is 0. The molecule has 1 aromatic carbocycles. The van der Waals surface area contributed by atoms with Crippen LogP contribution in [0.1, 0.15) is 46.6 Å². The second-order valence-electron chi connectivity index (χ2n) is 7.04. The van der Waals surface area contributed by atoms with Gasteiger partial charge in [-0.2, -0.15) is 0 Å². The van der Waals surface area contributed by atoms with Crippen LogP contribution in [0, 0.1) is 12.8 Å². The highest BCUT2D eigenvalue weighted by molar-refractivity contribution is 5.82. The van der Waals surface area contributed by atoms with Gasteiger partial charge >= 0.3 is 6.09 Å². The predicted octanol–water partition coefficient (Wildman–Crippen LogP) is 3.67. The van der Waals surface area contributed by atoms with E-state index in [1.165, 1.54) is 5.56 Å². The Labute approximate surface area is 146 Å². The Morgan fingerprint density at radius 1 is 1.08 bits per heavy atom. The van der Waals surface area contributed by atoms with Crippen molar-refractivity contribution in [3.63, 3.8) is 0 Å². The number of benzene rings is 1. The van der Waals surface area contributed by atoms with E-state index in [4.69, 9.17) is 4.74 Å². The highest BCUT2D eigenvalue weighted by Crippen LogP contribution is 2.06. The zero-order chi connectivity index (χ0) is 18.6. The average Bonchev–Trinajstić information content (AvgIpc) is 2.44. The van der Waals surface area contributed by atoms with Crippen molar-refractivity contribution < 1.29 is 14.3 Å². The summed E-state index contributed by atoms with van der Waals surface area (Å²) < 4.78 is 5.00. The third-order valence-corrected chi connectivity index (χ3v) is 2.78. The van der Waals surface area contributed by atoms with E-state index < -0.39 is 11.7 Å². The van der Waals surface area contributed by atoms with Gasteiger partial charge in [-0.25, -0.2) is 4.79 Å². The van der Waals surface area contributed by atoms with Crippen LogP contribution in [0.25, 0.3) is 0 Å². The monoisotopic (exact) mass is 336 g/mol. The number of nitrogens with one attached hydrogen (secondary N) is 2. The van der Waals surface area contributed by atoms with E-state index in [0.29, 0.717) is 12.5 Å². The lowest BCUT2D eigenvalue weighted by Gasteiger charge is -2.19. The Balaban J connectivity index is 0.000000620. The second-order valence-corrected chi connectivity index (χ2v) is 7.04. The molecular formula is C19H32N2O3. The average molecular weight is 336 g/mol. The van der Waals surface area contributed by atoms with Gasteiger partial charge in [-0.05, 0) is 40.0 Å². The van der Waals surface area contributed by atoms with Crippen molar-refractivity contribution in [1.82, 2.24) is 10.6 Å². The number of hydrogen-bond donors (Lipinski definition) is 2. The van der Waals surface area contributed by atoms with E-state index in [9.17, 15) is 9.59 Å². The number of carbonyl (C=O) groups is 2. The number of aryl methyl sites for hydroxylation is 1. The van der Waals surface area contributed by atoms with E-state index in [2.05, 4.69) is 43.5 Å². The number of carbonyl (C=O) groups excluding carboxylic acids is 2. The number of ether oxygens (including phenoxy) is 1. The smallest absolute Gasteiger partial charge is 0.408 e. The third-order valence-electron chi connectivity index (χ3n) is 2.78. The zero-order valence-corrected chi connectivity index (χ0v) is 15.8. The standard InChI is InChI=1S/C12H24N2O3.C7H8/c1-9(2)6-7-13-10(15)8-14-11(16)17-12(3,4)5;1-7-5-3-2-4-6-7/h9H,6-8H2,1-5H3,(H,13,15)(H,14,16);2-6H,1H3. The van der Waals surface area contributed by atoms with Crippen molar-refractivity contribution in [2.45, 2.75) is 53.6 Å². The Hall–Kier alpha value is -2.04. The molecule has 0 atom stereocenters. The molecule has 0 unspecified atom stereocenters. The minimum Gasteiger partial charge on any atom is -0.444 e. The van der Waals surface area contributed by atoms with Gasteiger partial charge < -0.3 is 15.4 Å². The van der Waals surface area contributed by atoms with E-state index >= 15 is 0 Å². The van der Waals surface area contributed by atoms with Crippen LogP contribution in [0.4, 0.5) is 4.79 Å². The van der Waals surface area contributed by atoms with Crippen molar-refractivity contribution in [1.29, 1.82) is 0 Å². The lowest BCUT2D eigenvalue weighted by atomic mass is 10.1. The maximum absolute atomic E-state index is 11.3. The summed E-state index contributed by atoms with van der Waals surface area (Å²) in [6.07, 6.45) is 0.356. The van der Waals surface area contributed by atoms with E-state index in [-0.39, 0.29) is 12.5 Å². The number of rotatable bonds is 5. The fourth-order valence-corrected chi connectivity index (χ4v) is 1.56. The molecule has 0 aliphatic heterocycles. The summed E-state index contributed by atoms with van der Waals surface area (Å²) in [6, 6.07) is 10.3. The van der Waals surface area contributed by atoms with Gasteiger partial charge in [-0.15, -0.1) is 0 Å². The Morgan fingerprint density at radius 3 is 2.08 bits per heavy atom. The maximum atomic E-state index is 11.3. The molecule has 0 aliphatic carbocycles. The van der Waals surface area contributed by atoms with Crippen LogP contribution in [-0.2, 0) is 9.53 Å². The summed E-state index contributed by atoms with van der Waals surface area (Å²) >= 11 is 0. The quantitative estimate of drug-likeness (QED) is 0.862. The first-order valence-corrected chi connectivity index (χ1v) is 8.35. The molecule has 2 amide bonds. The summed E-state index contributed by atoms with van der Waals surface area (Å²) in [5.74, 6) is 0.352. The van der Waals surface area contributed by atoms with Crippen LogP contribution in [-0.4, -0.2) is 30.7 Å². The van der Waals surface area contributed by atoms with E-state index in [1.807, 2.05) is 18.2 Å². The van der Waals surface area contributed by atoms with Gasteiger partial charge in [0.15, 0.2) is 0 Å². The van der Waals surface area contributed by atoms with Gasteiger partial charge in [0.2, 0.25) is 5.91 Å². The van der Waals surface area contributed by atoms with Gasteiger partial charge in [0, 0.05) is 6.54 Å². The molecule has 0 aliphatic rings. The fourth-order valence-electron chi connectivity index (χ4n) is 1.56. The Morgan fingerprint density at radius 2 is 1.67 bits per heavy atom. The van der Waals surface area contributed by atoms with Crippen LogP contribution in [0.2, 0.25) is 0 Å². The summed E-state index contributed by atoms with van der Waals surface area (Å²) in [6.45, 7) is 12.2. The first kappa shape index (κ1) is 22.0. The topological polar surface area (TPSA) is 67.4 Å². The maximum Gasteiger partial charge on any atom is 0.408 e. The third kappa shape index (κ3) is 14.9. The Bertz CT molecular complexity index is 479. The number of alkyl carbamates (subject to hydrolysis) is 1. The second kappa shape index (κ2) is 11.5. The van der Waals surface area contributed by atoms with E-state index in [0.717, 1.165) is 6.42 Å². The normalized spacial score (nSPS) is 10.5. The molecule has 0 radical (unpaired) electrons. The molecule has 5 nitrogen and oxygen atoms in total. The molecule has 0 bridgehead atoms. The zero-order valence-electron chi connectivity index (χ0n) is 15.8. The van der Waals surface area contributed by atoms with Gasteiger partial charge in [0.25, 0.3) is 0 Å². The van der Waals surface area contributed by atoms with Crippen molar-refractivity contribution in [3.05, 3.63) is 35.9 Å². The molecule has 0 fully saturated rings. The molecule has 24 heavy (non-hydrogen) atoms. The summed E-state index contributed by atoms with van der Waals surface area (Å²) in [4.78, 5) is 22.5. The highest BCUT2D eigenvalue weighted by atomic mass is 16.6. The molecule has 0 heterocycles. The first-order valence-electron chi connectivity index (χ1n) is 8.35. The largest absolute Gasteiger partial charge is 0.444 e. The van der Waals surface area contributed by atoms with Gasteiger partial charge in [-0.1, -0.05) is 49.7 Å². The molecule has 0 saturated carbocycles. The van der Waals surface area contributed by atoms with Gasteiger partial charge in [0.1, 0.15) is 5.60 Å². The predicted molar refractivity (Wildman–Crippen MR) is 97.9 cm³/mol. The number of amides is 2. The van der Waals surface area contributed by atoms with Crippen LogP contribution in [0.15, 0.2) is 30.3 Å². The van der Waals surface area contributed by atoms with Crippen molar-refractivity contribution >= 4 is 12.0 Å². The number of hydrogen-bond acceptors (Lipinski definition) is 3. The highest BCUT2D eigenvalue weighted by Gasteiger charge is 2.16. The van der Waals surface area contributed by atoms with Crippen LogP contribution < -0.4 is 10.6 Å². The summed E-state index contributed by atoms with van der Waals surface area (Å²) in [5, 5.41) is 5.13. The fraction of sp³-hybridized carbons (Fsp3) is 0.579. The van der Waals surface area contributed by atoms with Crippen LogP contribution in [0.5, 0.6) is 0 Å². The molecule has 1 aromatic rings. The molecule has 0 aromatic heterocycles. The van der Waals surface area contributed by atoms with Gasteiger partial charge in [0.05, 0.1) is 6.54 Å². The first-order chi connectivity index (χ1) is 11.1. The van der Waals surface area contributed by atoms with Gasteiger partial charge in [-0.3, -0.25) is 4.79 Å². The molecular weight excluding hydrogens is 304 g/mol. The minimum atomic E-state index is -0.573. The molecule has 0 saturated heterocycles. The van der Waals surface area contributed by atoms with Crippen molar-refractivity contribution in [2.75, 3.05) is 13.1 Å². The Kier molecular flexibility index (Phi) is 10.5. The van der Waals surface area contributed by atoms with E-state index in [1.54, 1.807) is 20.8 Å². The van der Waals surface area contributed by atoms with Crippen LogP contribution >= 0.6 is 0 Å². The molecule has 0 spiro atoms. The molecule has 5 heteroatoms. The lowest BCUT2D eigenvalue weighted by molar-refractivity contribution is -0.120. The summed E-state index contributed by atoms with van der Waals surface area (Å²) in [5.41, 5.74) is 0.778. The molecule has 136 valence electrons.